The number of ketones is 1. The molecule has 3 nitrogen and oxygen atoms in total. The Balaban J connectivity index is 2.25. The maximum absolute atomic E-state index is 10.9. The number of ether oxygens (including phenoxy) is 2. The molecule has 0 saturated carbocycles. The van der Waals surface area contributed by atoms with Crippen LogP contribution in [0.5, 0.6) is 5.75 Å². The molecule has 0 radical (unpaired) electrons. The van der Waals surface area contributed by atoms with E-state index in [2.05, 4.69) is 0 Å². The van der Waals surface area contributed by atoms with E-state index in [9.17, 15) is 4.79 Å². The van der Waals surface area contributed by atoms with Gasteiger partial charge in [0, 0.05) is 12.3 Å². The molecule has 0 N–H and O–H groups in total. The number of carbonyl (C=O) groups is 1. The second kappa shape index (κ2) is 8.95. The maximum Gasteiger partial charge on any atom is 0.130 e. The summed E-state index contributed by atoms with van der Waals surface area (Å²) in [6, 6.07) is 7.80. The molecule has 100 valence electrons. The van der Waals surface area contributed by atoms with Gasteiger partial charge in [-0.2, -0.15) is 0 Å². The molecule has 0 atom stereocenters. The van der Waals surface area contributed by atoms with Crippen LogP contribution in [0.2, 0.25) is 0 Å². The number of benzene rings is 1. The summed E-state index contributed by atoms with van der Waals surface area (Å²) in [5.74, 6) is 1.54. The molecule has 0 aliphatic carbocycles. The average Bonchev–Trinajstić information content (AvgIpc) is 2.37. The first kappa shape index (κ1) is 15.0. The number of alkyl halides is 1. The molecular weight excluding hydrogens is 252 g/mol. The normalized spacial score (nSPS) is 10.3. The Bertz CT molecular complexity index is 349. The molecule has 1 aromatic rings. The Kier molecular flexibility index (Phi) is 7.46. The third-order valence-corrected chi connectivity index (χ3v) is 2.56. The summed E-state index contributed by atoms with van der Waals surface area (Å²) in [5.41, 5.74) is 1.15. The summed E-state index contributed by atoms with van der Waals surface area (Å²) in [7, 11) is 0. The number of halogens is 1. The standard InChI is InChI=1S/C14H19ClO3/c1-12(16)2-3-13-4-6-14(7-5-13)18-11-10-17-9-8-15/h4-7H,2-3,8-11H2,1H3. The first-order valence-corrected chi connectivity index (χ1v) is 6.60. The van der Waals surface area contributed by atoms with E-state index in [1.165, 1.54) is 0 Å². The highest BCUT2D eigenvalue weighted by molar-refractivity contribution is 6.17. The highest BCUT2D eigenvalue weighted by Gasteiger charge is 1.98. The van der Waals surface area contributed by atoms with Gasteiger partial charge in [-0.05, 0) is 31.0 Å². The average molecular weight is 271 g/mol. The fourth-order valence-corrected chi connectivity index (χ4v) is 1.56. The van der Waals surface area contributed by atoms with Gasteiger partial charge < -0.3 is 14.3 Å². The Morgan fingerprint density at radius 1 is 1.17 bits per heavy atom. The predicted octanol–water partition coefficient (Wildman–Crippen LogP) is 2.84. The van der Waals surface area contributed by atoms with Crippen molar-refractivity contribution in [2.75, 3.05) is 25.7 Å². The van der Waals surface area contributed by atoms with E-state index in [0.717, 1.165) is 17.7 Å². The lowest BCUT2D eigenvalue weighted by Gasteiger charge is -2.07. The zero-order valence-corrected chi connectivity index (χ0v) is 11.4. The molecule has 0 saturated heterocycles. The molecule has 0 aliphatic heterocycles. The highest BCUT2D eigenvalue weighted by atomic mass is 35.5. The van der Waals surface area contributed by atoms with Gasteiger partial charge in [0.05, 0.1) is 13.2 Å². The quantitative estimate of drug-likeness (QED) is 0.511. The van der Waals surface area contributed by atoms with Gasteiger partial charge >= 0.3 is 0 Å². The van der Waals surface area contributed by atoms with Crippen molar-refractivity contribution in [2.24, 2.45) is 0 Å². The van der Waals surface area contributed by atoms with Crippen LogP contribution in [0.25, 0.3) is 0 Å². The molecule has 0 unspecified atom stereocenters. The van der Waals surface area contributed by atoms with E-state index >= 15 is 0 Å². The third-order valence-electron chi connectivity index (χ3n) is 2.41. The topological polar surface area (TPSA) is 35.5 Å². The van der Waals surface area contributed by atoms with E-state index in [1.54, 1.807) is 6.92 Å². The van der Waals surface area contributed by atoms with Crippen molar-refractivity contribution in [3.8, 4) is 5.75 Å². The monoisotopic (exact) mass is 270 g/mol. The van der Waals surface area contributed by atoms with Crippen LogP contribution in [0.4, 0.5) is 0 Å². The molecule has 0 aliphatic rings. The zero-order valence-electron chi connectivity index (χ0n) is 10.7. The lowest BCUT2D eigenvalue weighted by Crippen LogP contribution is -2.07. The highest BCUT2D eigenvalue weighted by Crippen LogP contribution is 2.13. The largest absolute Gasteiger partial charge is 0.491 e. The van der Waals surface area contributed by atoms with Crippen molar-refractivity contribution in [1.29, 1.82) is 0 Å². The lowest BCUT2D eigenvalue weighted by atomic mass is 10.1. The molecule has 1 aromatic carbocycles. The maximum atomic E-state index is 10.9. The predicted molar refractivity (Wildman–Crippen MR) is 72.5 cm³/mol. The number of hydrogen-bond donors (Lipinski definition) is 0. The molecule has 0 bridgehead atoms. The molecule has 0 spiro atoms. The number of carbonyl (C=O) groups excluding carboxylic acids is 1. The van der Waals surface area contributed by atoms with Crippen molar-refractivity contribution in [1.82, 2.24) is 0 Å². The first-order valence-electron chi connectivity index (χ1n) is 6.07. The molecule has 0 fully saturated rings. The van der Waals surface area contributed by atoms with Gasteiger partial charge in [0.1, 0.15) is 18.1 Å². The SMILES string of the molecule is CC(=O)CCc1ccc(OCCOCCCl)cc1. The number of Topliss-reactive ketones (excluding diaryl/α,β-unsaturated/α-hetero) is 1. The Morgan fingerprint density at radius 3 is 2.50 bits per heavy atom. The van der Waals surface area contributed by atoms with Crippen LogP contribution in [-0.2, 0) is 16.0 Å². The minimum absolute atomic E-state index is 0.215. The van der Waals surface area contributed by atoms with Crippen LogP contribution in [-0.4, -0.2) is 31.5 Å². The summed E-state index contributed by atoms with van der Waals surface area (Å²) < 4.78 is 10.7. The molecule has 0 heterocycles. The fourth-order valence-electron chi connectivity index (χ4n) is 1.45. The van der Waals surface area contributed by atoms with E-state index in [4.69, 9.17) is 21.1 Å². The smallest absolute Gasteiger partial charge is 0.130 e. The Hall–Kier alpha value is -1.06. The van der Waals surface area contributed by atoms with Gasteiger partial charge in [-0.1, -0.05) is 12.1 Å². The van der Waals surface area contributed by atoms with Crippen molar-refractivity contribution in [2.45, 2.75) is 19.8 Å². The fraction of sp³-hybridized carbons (Fsp3) is 0.500. The summed E-state index contributed by atoms with van der Waals surface area (Å²) in [6.07, 6.45) is 1.38. The number of hydrogen-bond acceptors (Lipinski definition) is 3. The molecule has 0 aromatic heterocycles. The van der Waals surface area contributed by atoms with Crippen LogP contribution in [0.3, 0.4) is 0 Å². The van der Waals surface area contributed by atoms with E-state index in [1.807, 2.05) is 24.3 Å². The second-order valence-corrected chi connectivity index (χ2v) is 4.37. The molecule has 18 heavy (non-hydrogen) atoms. The van der Waals surface area contributed by atoms with Crippen LogP contribution < -0.4 is 4.74 Å². The van der Waals surface area contributed by atoms with E-state index in [-0.39, 0.29) is 5.78 Å². The number of rotatable bonds is 9. The van der Waals surface area contributed by atoms with Crippen molar-refractivity contribution in [3.63, 3.8) is 0 Å². The third kappa shape index (κ3) is 6.62. The summed E-state index contributed by atoms with van der Waals surface area (Å²) in [5, 5.41) is 0. The van der Waals surface area contributed by atoms with Gasteiger partial charge in [0.15, 0.2) is 0 Å². The Labute approximate surface area is 113 Å². The van der Waals surface area contributed by atoms with Crippen molar-refractivity contribution >= 4 is 17.4 Å². The van der Waals surface area contributed by atoms with Crippen LogP contribution >= 0.6 is 11.6 Å². The zero-order chi connectivity index (χ0) is 13.2. The van der Waals surface area contributed by atoms with Gasteiger partial charge in [0.25, 0.3) is 0 Å². The van der Waals surface area contributed by atoms with E-state index in [0.29, 0.717) is 32.1 Å². The Morgan fingerprint density at radius 2 is 1.89 bits per heavy atom. The van der Waals surface area contributed by atoms with Crippen LogP contribution in [0.1, 0.15) is 18.9 Å². The van der Waals surface area contributed by atoms with Gasteiger partial charge in [-0.15, -0.1) is 11.6 Å². The second-order valence-electron chi connectivity index (χ2n) is 4.00. The minimum atomic E-state index is 0.215. The van der Waals surface area contributed by atoms with Crippen molar-refractivity contribution in [3.05, 3.63) is 29.8 Å². The molecular formula is C14H19ClO3. The summed E-state index contributed by atoms with van der Waals surface area (Å²) in [6.45, 7) is 3.22. The number of aryl methyl sites for hydroxylation is 1. The first-order chi connectivity index (χ1) is 8.72. The molecule has 0 amide bonds. The van der Waals surface area contributed by atoms with Crippen LogP contribution in [0, 0.1) is 0 Å². The van der Waals surface area contributed by atoms with Gasteiger partial charge in [-0.3, -0.25) is 0 Å². The lowest BCUT2D eigenvalue weighted by molar-refractivity contribution is -0.116. The van der Waals surface area contributed by atoms with Gasteiger partial charge in [-0.25, -0.2) is 0 Å². The molecule has 1 rings (SSSR count). The summed E-state index contributed by atoms with van der Waals surface area (Å²) >= 11 is 5.48. The molecule has 4 heteroatoms. The van der Waals surface area contributed by atoms with Crippen molar-refractivity contribution < 1.29 is 14.3 Å². The van der Waals surface area contributed by atoms with Crippen LogP contribution in [0.15, 0.2) is 24.3 Å². The van der Waals surface area contributed by atoms with Gasteiger partial charge in [0.2, 0.25) is 0 Å². The minimum Gasteiger partial charge on any atom is -0.491 e. The van der Waals surface area contributed by atoms with E-state index < -0.39 is 0 Å². The summed E-state index contributed by atoms with van der Waals surface area (Å²) in [4.78, 5) is 10.9.